The van der Waals surface area contributed by atoms with E-state index in [1.807, 2.05) is 13.0 Å². The van der Waals surface area contributed by atoms with Crippen LogP contribution in [-0.4, -0.2) is 34.3 Å². The number of nitrogens with zero attached hydrogens (tertiary/aromatic N) is 2. The predicted molar refractivity (Wildman–Crippen MR) is 70.0 cm³/mol. The van der Waals surface area contributed by atoms with E-state index >= 15 is 0 Å². The Morgan fingerprint density at radius 2 is 2.53 bits per heavy atom. The highest BCUT2D eigenvalue weighted by molar-refractivity contribution is 7.80. The number of hydrogen-bond donors (Lipinski definition) is 2. The summed E-state index contributed by atoms with van der Waals surface area (Å²) in [6.45, 7) is 3.50. The lowest BCUT2D eigenvalue weighted by molar-refractivity contribution is 0.114. The maximum Gasteiger partial charge on any atom is 0.229 e. The quantitative estimate of drug-likeness (QED) is 0.790. The van der Waals surface area contributed by atoms with E-state index < -0.39 is 0 Å². The molecular formula is C11H16N4OS. The molecule has 92 valence electrons. The van der Waals surface area contributed by atoms with Gasteiger partial charge in [-0.25, -0.2) is 9.97 Å². The van der Waals surface area contributed by atoms with Crippen LogP contribution in [0.4, 0.5) is 5.95 Å². The van der Waals surface area contributed by atoms with Crippen molar-refractivity contribution >= 4 is 23.3 Å². The van der Waals surface area contributed by atoms with Crippen molar-refractivity contribution in [2.45, 2.75) is 25.9 Å². The molecule has 2 heterocycles. The first-order chi connectivity index (χ1) is 8.24. The van der Waals surface area contributed by atoms with Gasteiger partial charge in [0.2, 0.25) is 5.95 Å². The molecule has 1 aromatic rings. The molecule has 0 unspecified atom stereocenters. The Kier molecular flexibility index (Phi) is 4.22. The Labute approximate surface area is 106 Å². The molecular weight excluding hydrogens is 236 g/mol. The smallest absolute Gasteiger partial charge is 0.229 e. The monoisotopic (exact) mass is 252 g/mol. The molecule has 1 saturated heterocycles. The Bertz CT molecular complexity index is 393. The topological polar surface area (TPSA) is 59.1 Å². The molecule has 2 N–H and O–H groups in total. The van der Waals surface area contributed by atoms with Gasteiger partial charge in [-0.05, 0) is 38.0 Å². The maximum atomic E-state index is 5.49. The van der Waals surface area contributed by atoms with Crippen LogP contribution in [-0.2, 0) is 4.74 Å². The van der Waals surface area contributed by atoms with Crippen molar-refractivity contribution in [3.05, 3.63) is 18.0 Å². The van der Waals surface area contributed by atoms with Crippen molar-refractivity contribution in [1.29, 1.82) is 0 Å². The minimum Gasteiger partial charge on any atom is -0.376 e. The zero-order valence-corrected chi connectivity index (χ0v) is 10.6. The lowest BCUT2D eigenvalue weighted by Gasteiger charge is -2.13. The Morgan fingerprint density at radius 1 is 1.65 bits per heavy atom. The average molecular weight is 252 g/mol. The molecule has 0 amide bonds. The average Bonchev–Trinajstić information content (AvgIpc) is 2.79. The van der Waals surface area contributed by atoms with Gasteiger partial charge in [-0.1, -0.05) is 0 Å². The van der Waals surface area contributed by atoms with Gasteiger partial charge in [-0.2, -0.15) is 0 Å². The summed E-state index contributed by atoms with van der Waals surface area (Å²) < 4.78 is 5.49. The SMILES string of the molecule is Cc1ccnc(NC(=S)NC[C@@H]2CCCO2)n1. The molecule has 0 spiro atoms. The fourth-order valence-corrected chi connectivity index (χ4v) is 1.84. The summed E-state index contributed by atoms with van der Waals surface area (Å²) in [5.74, 6) is 0.523. The zero-order chi connectivity index (χ0) is 12.1. The summed E-state index contributed by atoms with van der Waals surface area (Å²) in [4.78, 5) is 8.29. The van der Waals surface area contributed by atoms with Crippen LogP contribution >= 0.6 is 12.2 Å². The third-order valence-corrected chi connectivity index (χ3v) is 2.78. The van der Waals surface area contributed by atoms with Gasteiger partial charge >= 0.3 is 0 Å². The van der Waals surface area contributed by atoms with Crippen LogP contribution in [0.5, 0.6) is 0 Å². The normalized spacial score (nSPS) is 19.0. The predicted octanol–water partition coefficient (Wildman–Crippen LogP) is 1.25. The van der Waals surface area contributed by atoms with Crippen molar-refractivity contribution < 1.29 is 4.74 Å². The number of aromatic nitrogens is 2. The van der Waals surface area contributed by atoms with Crippen LogP contribution in [0.2, 0.25) is 0 Å². The Hall–Kier alpha value is -1.27. The first kappa shape index (κ1) is 12.2. The van der Waals surface area contributed by atoms with E-state index in [9.17, 15) is 0 Å². The van der Waals surface area contributed by atoms with E-state index in [1.165, 1.54) is 0 Å². The van der Waals surface area contributed by atoms with Crippen LogP contribution < -0.4 is 10.6 Å². The Morgan fingerprint density at radius 3 is 3.24 bits per heavy atom. The molecule has 0 aliphatic carbocycles. The molecule has 1 aliphatic rings. The van der Waals surface area contributed by atoms with E-state index in [0.717, 1.165) is 31.7 Å². The van der Waals surface area contributed by atoms with Crippen LogP contribution in [0, 0.1) is 6.92 Å². The number of ether oxygens (including phenoxy) is 1. The van der Waals surface area contributed by atoms with Crippen molar-refractivity contribution in [2.75, 3.05) is 18.5 Å². The summed E-state index contributed by atoms with van der Waals surface area (Å²) in [6.07, 6.45) is 4.20. The number of thiocarbonyl (C=S) groups is 1. The largest absolute Gasteiger partial charge is 0.376 e. The number of nitrogens with one attached hydrogen (secondary N) is 2. The summed E-state index contributed by atoms with van der Waals surface area (Å²) in [6, 6.07) is 1.84. The van der Waals surface area contributed by atoms with Crippen molar-refractivity contribution in [2.24, 2.45) is 0 Å². The highest BCUT2D eigenvalue weighted by Crippen LogP contribution is 2.10. The highest BCUT2D eigenvalue weighted by Gasteiger charge is 2.15. The van der Waals surface area contributed by atoms with Gasteiger partial charge in [0.05, 0.1) is 6.10 Å². The van der Waals surface area contributed by atoms with E-state index in [4.69, 9.17) is 17.0 Å². The first-order valence-corrected chi connectivity index (χ1v) is 6.11. The summed E-state index contributed by atoms with van der Waals surface area (Å²) in [7, 11) is 0. The van der Waals surface area contributed by atoms with E-state index in [1.54, 1.807) is 6.20 Å². The lowest BCUT2D eigenvalue weighted by atomic mass is 10.2. The summed E-state index contributed by atoms with van der Waals surface area (Å²) in [5.41, 5.74) is 0.907. The summed E-state index contributed by atoms with van der Waals surface area (Å²) in [5, 5.41) is 6.59. The van der Waals surface area contributed by atoms with E-state index in [-0.39, 0.29) is 6.10 Å². The van der Waals surface area contributed by atoms with E-state index in [0.29, 0.717) is 11.1 Å². The molecule has 0 aromatic carbocycles. The molecule has 17 heavy (non-hydrogen) atoms. The van der Waals surface area contributed by atoms with Crippen LogP contribution in [0.25, 0.3) is 0 Å². The number of hydrogen-bond acceptors (Lipinski definition) is 4. The second-order valence-electron chi connectivity index (χ2n) is 3.99. The molecule has 0 bridgehead atoms. The molecule has 5 nitrogen and oxygen atoms in total. The van der Waals surface area contributed by atoms with Gasteiger partial charge < -0.3 is 15.4 Å². The van der Waals surface area contributed by atoms with Gasteiger partial charge in [0.25, 0.3) is 0 Å². The van der Waals surface area contributed by atoms with Gasteiger partial charge in [-0.3, -0.25) is 0 Å². The second-order valence-corrected chi connectivity index (χ2v) is 4.40. The van der Waals surface area contributed by atoms with Gasteiger partial charge in [0.15, 0.2) is 5.11 Å². The van der Waals surface area contributed by atoms with Crippen LogP contribution in [0.1, 0.15) is 18.5 Å². The molecule has 1 fully saturated rings. The van der Waals surface area contributed by atoms with Crippen molar-refractivity contribution in [3.8, 4) is 0 Å². The molecule has 0 saturated carbocycles. The minimum absolute atomic E-state index is 0.271. The second kappa shape index (κ2) is 5.88. The fourth-order valence-electron chi connectivity index (χ4n) is 1.67. The van der Waals surface area contributed by atoms with Crippen molar-refractivity contribution in [3.63, 3.8) is 0 Å². The molecule has 1 atom stereocenters. The molecule has 6 heteroatoms. The number of rotatable bonds is 3. The van der Waals surface area contributed by atoms with Gasteiger partial charge in [-0.15, -0.1) is 0 Å². The van der Waals surface area contributed by atoms with Crippen LogP contribution in [0.3, 0.4) is 0 Å². The highest BCUT2D eigenvalue weighted by atomic mass is 32.1. The van der Waals surface area contributed by atoms with Crippen LogP contribution in [0.15, 0.2) is 12.3 Å². The zero-order valence-electron chi connectivity index (χ0n) is 9.77. The lowest BCUT2D eigenvalue weighted by Crippen LogP contribution is -2.35. The summed E-state index contributed by atoms with van der Waals surface area (Å²) >= 11 is 5.16. The number of anilines is 1. The standard InChI is InChI=1S/C11H16N4OS/c1-8-4-5-12-10(14-8)15-11(17)13-7-9-3-2-6-16-9/h4-5,9H,2-3,6-7H2,1H3,(H2,12,13,14,15,17)/t9-/m0/s1. The number of aryl methyl sites for hydroxylation is 1. The third kappa shape index (κ3) is 3.90. The third-order valence-electron chi connectivity index (χ3n) is 2.53. The minimum atomic E-state index is 0.271. The van der Waals surface area contributed by atoms with Gasteiger partial charge in [0.1, 0.15) is 0 Å². The van der Waals surface area contributed by atoms with Crippen molar-refractivity contribution in [1.82, 2.24) is 15.3 Å². The molecule has 1 aliphatic heterocycles. The molecule has 0 radical (unpaired) electrons. The molecule has 2 rings (SSSR count). The Balaban J connectivity index is 1.76. The van der Waals surface area contributed by atoms with Gasteiger partial charge in [0, 0.05) is 25.0 Å². The maximum absolute atomic E-state index is 5.49. The van der Waals surface area contributed by atoms with E-state index in [2.05, 4.69) is 20.6 Å². The first-order valence-electron chi connectivity index (χ1n) is 5.70. The fraction of sp³-hybridized carbons (Fsp3) is 0.545. The molecule has 1 aromatic heterocycles.